The van der Waals surface area contributed by atoms with Gasteiger partial charge in [0.2, 0.25) is 11.9 Å². The number of piperazine rings is 1. The molecule has 5 rings (SSSR count). The first-order chi connectivity index (χ1) is 15.6. The summed E-state index contributed by atoms with van der Waals surface area (Å²) in [6.07, 6.45) is 2.88. The lowest BCUT2D eigenvalue weighted by Gasteiger charge is -2.36. The summed E-state index contributed by atoms with van der Waals surface area (Å²) in [6, 6.07) is 10.6. The summed E-state index contributed by atoms with van der Waals surface area (Å²) in [5.74, 6) is 1.57. The molecule has 1 saturated carbocycles. The van der Waals surface area contributed by atoms with Crippen molar-refractivity contribution in [1.82, 2.24) is 14.9 Å². The van der Waals surface area contributed by atoms with Crippen LogP contribution in [0.4, 0.5) is 23.1 Å². The van der Waals surface area contributed by atoms with Gasteiger partial charge in [-0.15, -0.1) is 11.3 Å². The van der Waals surface area contributed by atoms with E-state index >= 15 is 0 Å². The van der Waals surface area contributed by atoms with Crippen LogP contribution in [-0.4, -0.2) is 53.0 Å². The average Bonchev–Trinajstić information content (AvgIpc) is 3.51. The highest BCUT2D eigenvalue weighted by Crippen LogP contribution is 2.33. The van der Waals surface area contributed by atoms with Crippen molar-refractivity contribution in [1.29, 1.82) is 5.26 Å². The summed E-state index contributed by atoms with van der Waals surface area (Å²) < 4.78 is 1.07. The summed E-state index contributed by atoms with van der Waals surface area (Å²) in [5.41, 5.74) is 3.18. The van der Waals surface area contributed by atoms with Crippen LogP contribution >= 0.6 is 11.3 Å². The van der Waals surface area contributed by atoms with E-state index in [1.807, 2.05) is 41.5 Å². The zero-order valence-electron chi connectivity index (χ0n) is 18.0. The van der Waals surface area contributed by atoms with Crippen molar-refractivity contribution < 1.29 is 4.79 Å². The van der Waals surface area contributed by atoms with Crippen molar-refractivity contribution >= 4 is 50.6 Å². The van der Waals surface area contributed by atoms with Gasteiger partial charge < -0.3 is 20.4 Å². The molecule has 0 spiro atoms. The zero-order chi connectivity index (χ0) is 22.1. The Labute approximate surface area is 190 Å². The minimum absolute atomic E-state index is 0.183. The lowest BCUT2D eigenvalue weighted by atomic mass is 10.1. The number of aromatic nitrogens is 2. The molecule has 1 aliphatic carbocycles. The molecule has 2 aliphatic rings. The number of amides is 1. The highest BCUT2D eigenvalue weighted by molar-refractivity contribution is 7.17. The molecule has 2 fully saturated rings. The monoisotopic (exact) mass is 447 g/mol. The van der Waals surface area contributed by atoms with Gasteiger partial charge in [0.05, 0.1) is 21.5 Å². The number of carbonyl (C=O) groups excluding carboxylic acids is 1. The topological polar surface area (TPSA) is 97.2 Å². The molecule has 2 N–H and O–H groups in total. The maximum absolute atomic E-state index is 11.9. The molecule has 164 valence electrons. The Bertz CT molecular complexity index is 1190. The zero-order valence-corrected chi connectivity index (χ0v) is 18.8. The molecule has 32 heavy (non-hydrogen) atoms. The Hall–Kier alpha value is -3.38. The number of nitrogens with zero attached hydrogens (tertiary/aromatic N) is 5. The van der Waals surface area contributed by atoms with E-state index in [9.17, 15) is 10.1 Å². The Morgan fingerprint density at radius 3 is 2.75 bits per heavy atom. The van der Waals surface area contributed by atoms with E-state index in [4.69, 9.17) is 4.98 Å². The van der Waals surface area contributed by atoms with Crippen LogP contribution in [0.1, 0.15) is 31.7 Å². The predicted octanol–water partition coefficient (Wildman–Crippen LogP) is 3.94. The molecule has 0 bridgehead atoms. The molecule has 8 nitrogen and oxygen atoms in total. The third-order valence-electron chi connectivity index (χ3n) is 5.87. The second kappa shape index (κ2) is 8.63. The minimum atomic E-state index is 0.183. The van der Waals surface area contributed by atoms with Gasteiger partial charge in [0, 0.05) is 44.3 Å². The Morgan fingerprint density at radius 2 is 2.03 bits per heavy atom. The van der Waals surface area contributed by atoms with Crippen molar-refractivity contribution in [2.75, 3.05) is 41.7 Å². The molecule has 3 aromatic rings. The predicted molar refractivity (Wildman–Crippen MR) is 128 cm³/mol. The molecular formula is C23H25N7OS. The molecule has 0 unspecified atom stereocenters. The summed E-state index contributed by atoms with van der Waals surface area (Å²) in [6.45, 7) is 4.70. The average molecular weight is 448 g/mol. The van der Waals surface area contributed by atoms with Crippen LogP contribution < -0.4 is 15.5 Å². The minimum Gasteiger partial charge on any atom is -0.367 e. The highest BCUT2D eigenvalue weighted by atomic mass is 32.1. The Balaban J connectivity index is 1.34. The van der Waals surface area contributed by atoms with Crippen LogP contribution in [0.5, 0.6) is 0 Å². The van der Waals surface area contributed by atoms with Gasteiger partial charge in [0.1, 0.15) is 11.9 Å². The molecule has 1 aliphatic heterocycles. The van der Waals surface area contributed by atoms with Gasteiger partial charge in [-0.05, 0) is 42.5 Å². The molecule has 0 atom stereocenters. The third kappa shape index (κ3) is 4.18. The number of benzene rings is 1. The first-order valence-electron chi connectivity index (χ1n) is 11.0. The number of fused-ring (bicyclic) bond motifs is 1. The molecule has 1 saturated heterocycles. The fraction of sp³-hybridized carbons (Fsp3) is 0.391. The van der Waals surface area contributed by atoms with Crippen molar-refractivity contribution in [2.24, 2.45) is 0 Å². The SMILES string of the molecule is CCC(=O)N1CCN(c2ccc(Nc3nc(NC4CC4)c4sccc4n3)cc2C#N)CC1. The first kappa shape index (κ1) is 20.5. The van der Waals surface area contributed by atoms with Crippen molar-refractivity contribution in [3.63, 3.8) is 0 Å². The summed E-state index contributed by atoms with van der Waals surface area (Å²) in [5, 5.41) is 18.6. The summed E-state index contributed by atoms with van der Waals surface area (Å²) >= 11 is 1.64. The number of thiophene rings is 1. The first-order valence-corrected chi connectivity index (χ1v) is 11.9. The van der Waals surface area contributed by atoms with Crippen LogP contribution in [0, 0.1) is 11.3 Å². The van der Waals surface area contributed by atoms with Crippen LogP contribution in [-0.2, 0) is 4.79 Å². The number of hydrogen-bond donors (Lipinski definition) is 2. The second-order valence-corrected chi connectivity index (χ2v) is 9.06. The number of anilines is 4. The third-order valence-corrected chi connectivity index (χ3v) is 6.78. The number of rotatable bonds is 6. The van der Waals surface area contributed by atoms with Crippen LogP contribution in [0.3, 0.4) is 0 Å². The van der Waals surface area contributed by atoms with E-state index in [1.54, 1.807) is 11.3 Å². The highest BCUT2D eigenvalue weighted by Gasteiger charge is 2.24. The summed E-state index contributed by atoms with van der Waals surface area (Å²) in [7, 11) is 0. The van der Waals surface area contributed by atoms with E-state index < -0.39 is 0 Å². The quantitative estimate of drug-likeness (QED) is 0.591. The maximum atomic E-state index is 11.9. The largest absolute Gasteiger partial charge is 0.367 e. The van der Waals surface area contributed by atoms with Crippen LogP contribution in [0.15, 0.2) is 29.6 Å². The maximum Gasteiger partial charge on any atom is 0.229 e. The summed E-state index contributed by atoms with van der Waals surface area (Å²) in [4.78, 5) is 25.3. The van der Waals surface area contributed by atoms with Crippen LogP contribution in [0.25, 0.3) is 10.2 Å². The van der Waals surface area contributed by atoms with E-state index in [0.717, 1.165) is 40.5 Å². The second-order valence-electron chi connectivity index (χ2n) is 8.14. The van der Waals surface area contributed by atoms with Gasteiger partial charge in [0.15, 0.2) is 0 Å². The lowest BCUT2D eigenvalue weighted by Crippen LogP contribution is -2.48. The van der Waals surface area contributed by atoms with Crippen LogP contribution in [0.2, 0.25) is 0 Å². The number of nitriles is 1. The fourth-order valence-electron chi connectivity index (χ4n) is 3.97. The van der Waals surface area contributed by atoms with Gasteiger partial charge >= 0.3 is 0 Å². The van der Waals surface area contributed by atoms with Gasteiger partial charge in [0.25, 0.3) is 0 Å². The number of nitrogens with one attached hydrogen (secondary N) is 2. The van der Waals surface area contributed by atoms with Gasteiger partial charge in [-0.25, -0.2) is 4.98 Å². The van der Waals surface area contributed by atoms with E-state index in [1.165, 1.54) is 12.8 Å². The molecule has 1 amide bonds. The Kier molecular flexibility index (Phi) is 5.53. The molecular weight excluding hydrogens is 422 g/mol. The molecule has 1 aromatic carbocycles. The van der Waals surface area contributed by atoms with Gasteiger partial charge in [-0.3, -0.25) is 4.79 Å². The van der Waals surface area contributed by atoms with E-state index in [2.05, 4.69) is 26.6 Å². The van der Waals surface area contributed by atoms with Gasteiger partial charge in [-0.1, -0.05) is 6.92 Å². The lowest BCUT2D eigenvalue weighted by molar-refractivity contribution is -0.131. The van der Waals surface area contributed by atoms with Crippen molar-refractivity contribution in [3.8, 4) is 6.07 Å². The molecule has 9 heteroatoms. The van der Waals surface area contributed by atoms with E-state index in [-0.39, 0.29) is 5.91 Å². The number of hydrogen-bond acceptors (Lipinski definition) is 8. The smallest absolute Gasteiger partial charge is 0.229 e. The van der Waals surface area contributed by atoms with Crippen molar-refractivity contribution in [2.45, 2.75) is 32.2 Å². The Morgan fingerprint density at radius 1 is 1.22 bits per heavy atom. The fourth-order valence-corrected chi connectivity index (χ4v) is 4.75. The van der Waals surface area contributed by atoms with E-state index in [0.29, 0.717) is 37.1 Å². The molecule has 2 aromatic heterocycles. The number of carbonyl (C=O) groups is 1. The van der Waals surface area contributed by atoms with Gasteiger partial charge in [-0.2, -0.15) is 10.2 Å². The molecule has 3 heterocycles. The van der Waals surface area contributed by atoms with Crippen molar-refractivity contribution in [3.05, 3.63) is 35.2 Å². The standard InChI is InChI=1S/C23H25N7OS/c1-2-20(31)30-10-8-29(9-11-30)19-6-5-17(13-15(19)14-24)26-23-27-18-7-12-32-21(18)22(28-23)25-16-3-4-16/h5-7,12-13,16H,2-4,8-11H2,1H3,(H2,25,26,27,28). The normalized spacial score (nSPS) is 16.1. The molecule has 0 radical (unpaired) electrons.